The summed E-state index contributed by atoms with van der Waals surface area (Å²) in [7, 11) is 1.82. The van der Waals surface area contributed by atoms with Gasteiger partial charge in [0.2, 0.25) is 0 Å². The first-order valence-electron chi connectivity index (χ1n) is 7.26. The third kappa shape index (κ3) is 3.98. The number of hydrogen-bond donors (Lipinski definition) is 0. The Morgan fingerprint density at radius 3 is 2.43 bits per heavy atom. The molecule has 3 heterocycles. The van der Waals surface area contributed by atoms with Crippen LogP contribution in [0.25, 0.3) is 11.3 Å². The molecule has 0 aliphatic carbocycles. The molecule has 0 unspecified atom stereocenters. The first kappa shape index (κ1) is 15.7. The molecule has 1 saturated heterocycles. The minimum Gasteiger partial charge on any atom is -0.353 e. The van der Waals surface area contributed by atoms with Gasteiger partial charge in [0.25, 0.3) is 0 Å². The van der Waals surface area contributed by atoms with E-state index in [9.17, 15) is 13.2 Å². The third-order valence-electron chi connectivity index (χ3n) is 3.72. The molecule has 0 amide bonds. The number of rotatable bonds is 3. The Balaban J connectivity index is 1.67. The van der Waals surface area contributed by atoms with Gasteiger partial charge < -0.3 is 4.90 Å². The van der Waals surface area contributed by atoms with Gasteiger partial charge in [0.05, 0.1) is 30.8 Å². The maximum Gasteiger partial charge on any atom is 0.401 e. The molecule has 0 bridgehead atoms. The van der Waals surface area contributed by atoms with Gasteiger partial charge in [-0.3, -0.25) is 14.6 Å². The summed E-state index contributed by atoms with van der Waals surface area (Å²) in [6.45, 7) is 0.862. The second-order valence-corrected chi connectivity index (χ2v) is 5.54. The summed E-state index contributed by atoms with van der Waals surface area (Å²) in [5, 5.41) is 4.10. The van der Waals surface area contributed by atoms with E-state index in [1.54, 1.807) is 23.3 Å². The molecule has 23 heavy (non-hydrogen) atoms. The molecule has 2 aromatic heterocycles. The monoisotopic (exact) mass is 326 g/mol. The molecule has 0 aromatic carbocycles. The van der Waals surface area contributed by atoms with Crippen LogP contribution >= 0.6 is 0 Å². The Morgan fingerprint density at radius 1 is 1.09 bits per heavy atom. The highest BCUT2D eigenvalue weighted by molar-refractivity contribution is 5.58. The number of hydrogen-bond acceptors (Lipinski definition) is 5. The summed E-state index contributed by atoms with van der Waals surface area (Å²) in [5.41, 5.74) is 1.56. The number of alkyl halides is 3. The lowest BCUT2D eigenvalue weighted by molar-refractivity contribution is -0.146. The number of halogens is 3. The SMILES string of the molecule is Cn1cc(-c2cncc(N3CCN(CC(F)(F)F)CC3)n2)cn1. The van der Waals surface area contributed by atoms with Crippen LogP contribution in [0.15, 0.2) is 24.8 Å². The van der Waals surface area contributed by atoms with Crippen LogP contribution in [0, 0.1) is 0 Å². The summed E-state index contributed by atoms with van der Waals surface area (Å²) >= 11 is 0. The molecule has 1 fully saturated rings. The first-order chi connectivity index (χ1) is 10.9. The molecule has 0 saturated carbocycles. The van der Waals surface area contributed by atoms with Crippen molar-refractivity contribution in [2.24, 2.45) is 7.05 Å². The highest BCUT2D eigenvalue weighted by Gasteiger charge is 2.32. The molecule has 9 heteroatoms. The van der Waals surface area contributed by atoms with Crippen molar-refractivity contribution >= 4 is 5.82 Å². The lowest BCUT2D eigenvalue weighted by Gasteiger charge is -2.35. The maximum atomic E-state index is 12.4. The molecule has 6 nitrogen and oxygen atoms in total. The van der Waals surface area contributed by atoms with Crippen molar-refractivity contribution < 1.29 is 13.2 Å². The standard InChI is InChI=1S/C14H17F3N6/c1-21-9-11(6-19-21)12-7-18-8-13(20-12)23-4-2-22(3-5-23)10-14(15,16)17/h6-9H,2-5,10H2,1H3. The van der Waals surface area contributed by atoms with Gasteiger partial charge in [0.15, 0.2) is 0 Å². The molecule has 0 N–H and O–H groups in total. The Morgan fingerprint density at radius 2 is 1.83 bits per heavy atom. The molecule has 0 atom stereocenters. The second kappa shape index (κ2) is 6.15. The van der Waals surface area contributed by atoms with E-state index in [2.05, 4.69) is 15.1 Å². The van der Waals surface area contributed by atoms with Crippen LogP contribution in [-0.4, -0.2) is 63.5 Å². The van der Waals surface area contributed by atoms with Crippen LogP contribution in [0.3, 0.4) is 0 Å². The van der Waals surface area contributed by atoms with E-state index in [1.807, 2.05) is 18.1 Å². The first-order valence-corrected chi connectivity index (χ1v) is 7.26. The van der Waals surface area contributed by atoms with Crippen molar-refractivity contribution in [2.75, 3.05) is 37.6 Å². The number of aryl methyl sites for hydroxylation is 1. The summed E-state index contributed by atoms with van der Waals surface area (Å²) < 4.78 is 38.9. The van der Waals surface area contributed by atoms with Crippen LogP contribution in [0.2, 0.25) is 0 Å². The normalized spacial score (nSPS) is 16.8. The summed E-state index contributed by atoms with van der Waals surface area (Å²) in [6.07, 6.45) is 2.69. The Kier molecular flexibility index (Phi) is 4.20. The van der Waals surface area contributed by atoms with Gasteiger partial charge in [0.1, 0.15) is 5.82 Å². The van der Waals surface area contributed by atoms with Crippen molar-refractivity contribution in [1.82, 2.24) is 24.6 Å². The van der Waals surface area contributed by atoms with Gasteiger partial charge in [-0.15, -0.1) is 0 Å². The minimum atomic E-state index is -4.15. The predicted octanol–water partition coefficient (Wildman–Crippen LogP) is 1.56. The summed E-state index contributed by atoms with van der Waals surface area (Å²) in [5.74, 6) is 0.679. The smallest absolute Gasteiger partial charge is 0.353 e. The Bertz CT molecular complexity index is 661. The van der Waals surface area contributed by atoms with Gasteiger partial charge in [-0.2, -0.15) is 18.3 Å². The molecule has 2 aromatic rings. The van der Waals surface area contributed by atoms with Crippen LogP contribution in [-0.2, 0) is 7.05 Å². The number of piperazine rings is 1. The largest absolute Gasteiger partial charge is 0.401 e. The fourth-order valence-electron chi connectivity index (χ4n) is 2.59. The lowest BCUT2D eigenvalue weighted by Crippen LogP contribution is -2.49. The molecular formula is C14H17F3N6. The Hall–Kier alpha value is -2.16. The quantitative estimate of drug-likeness (QED) is 0.857. The van der Waals surface area contributed by atoms with E-state index >= 15 is 0 Å². The highest BCUT2D eigenvalue weighted by atomic mass is 19.4. The average Bonchev–Trinajstić information content (AvgIpc) is 2.93. The third-order valence-corrected chi connectivity index (χ3v) is 3.72. The van der Waals surface area contributed by atoms with Gasteiger partial charge in [-0.1, -0.05) is 0 Å². The number of nitrogens with zero attached hydrogens (tertiary/aromatic N) is 6. The molecule has 0 radical (unpaired) electrons. The molecular weight excluding hydrogens is 309 g/mol. The van der Waals surface area contributed by atoms with Crippen molar-refractivity contribution in [1.29, 1.82) is 0 Å². The molecule has 1 aliphatic heterocycles. The van der Waals surface area contributed by atoms with E-state index in [0.29, 0.717) is 37.7 Å². The molecule has 1 aliphatic rings. The minimum absolute atomic E-state index is 0.359. The molecule has 124 valence electrons. The summed E-state index contributed by atoms with van der Waals surface area (Å²) in [6, 6.07) is 0. The zero-order valence-corrected chi connectivity index (χ0v) is 12.7. The predicted molar refractivity (Wildman–Crippen MR) is 78.9 cm³/mol. The van der Waals surface area contributed by atoms with Crippen molar-refractivity contribution in [3.63, 3.8) is 0 Å². The summed E-state index contributed by atoms with van der Waals surface area (Å²) in [4.78, 5) is 12.1. The molecule has 0 spiro atoms. The van der Waals surface area contributed by atoms with Crippen molar-refractivity contribution in [3.05, 3.63) is 24.8 Å². The van der Waals surface area contributed by atoms with Crippen LogP contribution in [0.1, 0.15) is 0 Å². The zero-order chi connectivity index (χ0) is 16.4. The van der Waals surface area contributed by atoms with Crippen molar-refractivity contribution in [2.45, 2.75) is 6.18 Å². The zero-order valence-electron chi connectivity index (χ0n) is 12.7. The van der Waals surface area contributed by atoms with E-state index in [4.69, 9.17) is 0 Å². The van der Waals surface area contributed by atoms with Gasteiger partial charge >= 0.3 is 6.18 Å². The van der Waals surface area contributed by atoms with Gasteiger partial charge in [0, 0.05) is 45.0 Å². The maximum absolute atomic E-state index is 12.4. The topological polar surface area (TPSA) is 50.1 Å². The van der Waals surface area contributed by atoms with Gasteiger partial charge in [-0.25, -0.2) is 4.98 Å². The molecule has 3 rings (SSSR count). The van der Waals surface area contributed by atoms with Crippen LogP contribution < -0.4 is 4.90 Å². The van der Waals surface area contributed by atoms with Gasteiger partial charge in [-0.05, 0) is 0 Å². The van der Waals surface area contributed by atoms with E-state index in [0.717, 1.165) is 5.56 Å². The van der Waals surface area contributed by atoms with E-state index in [1.165, 1.54) is 4.90 Å². The second-order valence-electron chi connectivity index (χ2n) is 5.54. The fourth-order valence-corrected chi connectivity index (χ4v) is 2.59. The fraction of sp³-hybridized carbons (Fsp3) is 0.500. The van der Waals surface area contributed by atoms with Crippen LogP contribution in [0.4, 0.5) is 19.0 Å². The van der Waals surface area contributed by atoms with E-state index < -0.39 is 12.7 Å². The number of anilines is 1. The Labute approximate surface area is 131 Å². The highest BCUT2D eigenvalue weighted by Crippen LogP contribution is 2.21. The van der Waals surface area contributed by atoms with E-state index in [-0.39, 0.29) is 0 Å². The van der Waals surface area contributed by atoms with Crippen LogP contribution in [0.5, 0.6) is 0 Å². The lowest BCUT2D eigenvalue weighted by atomic mass is 10.2. The number of aromatic nitrogens is 4. The van der Waals surface area contributed by atoms with Crippen molar-refractivity contribution in [3.8, 4) is 11.3 Å². The average molecular weight is 326 g/mol.